The second-order valence-electron chi connectivity index (χ2n) is 13.9. The maximum atomic E-state index is 11.8. The zero-order chi connectivity index (χ0) is 24.9. The van der Waals surface area contributed by atoms with Crippen molar-refractivity contribution in [2.24, 2.45) is 56.4 Å². The quantitative estimate of drug-likeness (QED) is 0.226. The Labute approximate surface area is 209 Å². The molecule has 0 bridgehead atoms. The van der Waals surface area contributed by atoms with E-state index in [-0.39, 0.29) is 17.5 Å². The lowest BCUT2D eigenvalue weighted by atomic mass is 9.38. The van der Waals surface area contributed by atoms with Gasteiger partial charge < -0.3 is 9.57 Å². The van der Waals surface area contributed by atoms with E-state index in [9.17, 15) is 4.79 Å². The summed E-state index contributed by atoms with van der Waals surface area (Å²) in [6, 6.07) is 0. The Kier molecular flexibility index (Phi) is 6.97. The van der Waals surface area contributed by atoms with Gasteiger partial charge in [-0.25, -0.2) is 0 Å². The fourth-order valence-electron chi connectivity index (χ4n) is 10.5. The molecule has 0 spiro atoms. The number of carbonyl (C=O) groups is 1. The Balaban J connectivity index is 1.55. The van der Waals surface area contributed by atoms with Gasteiger partial charge in [0.2, 0.25) is 0 Å². The summed E-state index contributed by atoms with van der Waals surface area (Å²) in [6.07, 6.45) is 14.7. The van der Waals surface area contributed by atoms with Gasteiger partial charge in [0.1, 0.15) is 13.2 Å². The van der Waals surface area contributed by atoms with Crippen LogP contribution in [0.4, 0.5) is 0 Å². The maximum Gasteiger partial charge on any atom is 0.302 e. The van der Waals surface area contributed by atoms with E-state index >= 15 is 0 Å². The number of carbonyl (C=O) groups excluding carboxylic acids is 1. The molecule has 4 fully saturated rings. The van der Waals surface area contributed by atoms with Crippen molar-refractivity contribution >= 4 is 12.2 Å². The van der Waals surface area contributed by atoms with Crippen LogP contribution in [0.15, 0.2) is 5.16 Å². The Bertz CT molecular complexity index is 792. The second kappa shape index (κ2) is 9.11. The fraction of sp³-hybridized carbons (Fsp3) is 0.933. The summed E-state index contributed by atoms with van der Waals surface area (Å²) < 4.78 is 5.87. The highest BCUT2D eigenvalue weighted by atomic mass is 16.6. The minimum atomic E-state index is -0.115. The van der Waals surface area contributed by atoms with Gasteiger partial charge in [-0.2, -0.15) is 0 Å². The highest BCUT2D eigenvalue weighted by Gasteiger charge is 2.67. The van der Waals surface area contributed by atoms with E-state index < -0.39 is 0 Å². The van der Waals surface area contributed by atoms with E-state index in [2.05, 4.69) is 46.7 Å². The lowest BCUT2D eigenvalue weighted by Crippen LogP contribution is -2.62. The molecule has 4 nitrogen and oxygen atoms in total. The van der Waals surface area contributed by atoms with E-state index in [0.29, 0.717) is 22.2 Å². The van der Waals surface area contributed by atoms with Crippen molar-refractivity contribution in [3.63, 3.8) is 0 Å². The lowest BCUT2D eigenvalue weighted by Gasteiger charge is -2.67. The van der Waals surface area contributed by atoms with E-state index in [4.69, 9.17) is 9.57 Å². The number of fused-ring (bicyclic) bond motifs is 5. The van der Waals surface area contributed by atoms with Crippen LogP contribution in [-0.4, -0.2) is 25.4 Å². The molecule has 0 amide bonds. The van der Waals surface area contributed by atoms with Crippen LogP contribution in [0.1, 0.15) is 113 Å². The molecule has 0 saturated heterocycles. The molecule has 0 unspecified atom stereocenters. The molecular weight excluding hydrogens is 422 g/mol. The summed E-state index contributed by atoms with van der Waals surface area (Å²) in [5.74, 6) is 3.72. The molecule has 0 aromatic carbocycles. The molecule has 9 atom stereocenters. The van der Waals surface area contributed by atoms with Gasteiger partial charge in [0, 0.05) is 18.6 Å². The lowest BCUT2D eigenvalue weighted by molar-refractivity contribution is -0.209. The van der Waals surface area contributed by atoms with Crippen molar-refractivity contribution in [1.29, 1.82) is 0 Å². The first-order valence-corrected chi connectivity index (χ1v) is 14.1. The first-order chi connectivity index (χ1) is 15.9. The van der Waals surface area contributed by atoms with Crippen LogP contribution >= 0.6 is 0 Å². The summed E-state index contributed by atoms with van der Waals surface area (Å²) in [6.45, 7) is 16.8. The van der Waals surface area contributed by atoms with Crippen molar-refractivity contribution in [3.8, 4) is 0 Å². The number of hydrogen-bond donors (Lipinski definition) is 0. The molecule has 4 aliphatic rings. The summed E-state index contributed by atoms with van der Waals surface area (Å²) >= 11 is 0. The summed E-state index contributed by atoms with van der Waals surface area (Å²) in [7, 11) is 1.63. The SMILES string of the molecule is CO/N=C/CC[C@@H](C)[C@H]1CC[C@@]2(C)[C@@H]3CC[C@H]4C(C)(C)[C@@H](OC(C)=O)CC[C@]4(C)[C@H]3CC[C@]12C. The molecule has 0 aromatic heterocycles. The topological polar surface area (TPSA) is 47.9 Å². The van der Waals surface area contributed by atoms with Crippen LogP contribution in [0, 0.1) is 51.2 Å². The van der Waals surface area contributed by atoms with Gasteiger partial charge in [-0.3, -0.25) is 4.79 Å². The minimum absolute atomic E-state index is 0.0573. The van der Waals surface area contributed by atoms with Crippen molar-refractivity contribution in [2.75, 3.05) is 7.11 Å². The van der Waals surface area contributed by atoms with Gasteiger partial charge >= 0.3 is 5.97 Å². The number of esters is 1. The van der Waals surface area contributed by atoms with Crippen LogP contribution < -0.4 is 0 Å². The fourth-order valence-corrected chi connectivity index (χ4v) is 10.5. The third-order valence-electron chi connectivity index (χ3n) is 12.4. The van der Waals surface area contributed by atoms with Gasteiger partial charge in [0.25, 0.3) is 0 Å². The Hall–Kier alpha value is -1.06. The largest absolute Gasteiger partial charge is 0.462 e. The van der Waals surface area contributed by atoms with E-state index in [1.165, 1.54) is 51.4 Å². The third-order valence-corrected chi connectivity index (χ3v) is 12.4. The first-order valence-electron chi connectivity index (χ1n) is 14.1. The van der Waals surface area contributed by atoms with Gasteiger partial charge in [-0.1, -0.05) is 46.7 Å². The summed E-state index contributed by atoms with van der Waals surface area (Å²) in [5, 5.41) is 3.96. The van der Waals surface area contributed by atoms with E-state index in [0.717, 1.165) is 36.5 Å². The average Bonchev–Trinajstić information content (AvgIpc) is 3.04. The van der Waals surface area contributed by atoms with Crippen LogP contribution in [0.25, 0.3) is 0 Å². The van der Waals surface area contributed by atoms with Crippen molar-refractivity contribution in [1.82, 2.24) is 0 Å². The van der Waals surface area contributed by atoms with Crippen molar-refractivity contribution < 1.29 is 14.4 Å². The summed E-state index contributed by atoms with van der Waals surface area (Å²) in [4.78, 5) is 16.7. The van der Waals surface area contributed by atoms with E-state index in [1.807, 2.05) is 6.21 Å². The van der Waals surface area contributed by atoms with Gasteiger partial charge in [-0.05, 0) is 110 Å². The first kappa shape index (κ1) is 26.0. The van der Waals surface area contributed by atoms with Gasteiger partial charge in [-0.15, -0.1) is 0 Å². The van der Waals surface area contributed by atoms with Gasteiger partial charge in [0.05, 0.1) is 0 Å². The molecule has 0 aliphatic heterocycles. The maximum absolute atomic E-state index is 11.8. The van der Waals surface area contributed by atoms with Gasteiger partial charge in [0.15, 0.2) is 0 Å². The number of rotatable bonds is 6. The van der Waals surface area contributed by atoms with Crippen LogP contribution in [0.3, 0.4) is 0 Å². The predicted molar refractivity (Wildman–Crippen MR) is 138 cm³/mol. The molecule has 0 heterocycles. The Morgan fingerprint density at radius 1 is 0.971 bits per heavy atom. The monoisotopic (exact) mass is 473 g/mol. The molecule has 4 saturated carbocycles. The second-order valence-corrected chi connectivity index (χ2v) is 13.9. The van der Waals surface area contributed by atoms with Crippen molar-refractivity contribution in [3.05, 3.63) is 0 Å². The number of ether oxygens (including phenoxy) is 1. The molecule has 4 aliphatic carbocycles. The number of hydrogen-bond acceptors (Lipinski definition) is 4. The molecule has 4 heteroatoms. The highest BCUT2D eigenvalue weighted by Crippen LogP contribution is 2.74. The number of nitrogens with zero attached hydrogens (tertiary/aromatic N) is 1. The minimum Gasteiger partial charge on any atom is -0.462 e. The smallest absolute Gasteiger partial charge is 0.302 e. The Morgan fingerprint density at radius 3 is 2.35 bits per heavy atom. The Morgan fingerprint density at radius 2 is 1.68 bits per heavy atom. The van der Waals surface area contributed by atoms with Crippen LogP contribution in [0.2, 0.25) is 0 Å². The molecule has 0 radical (unpaired) electrons. The average molecular weight is 474 g/mol. The highest BCUT2D eigenvalue weighted by molar-refractivity contribution is 5.66. The zero-order valence-electron chi connectivity index (χ0n) is 23.3. The van der Waals surface area contributed by atoms with E-state index in [1.54, 1.807) is 14.0 Å². The van der Waals surface area contributed by atoms with Crippen molar-refractivity contribution in [2.45, 2.75) is 119 Å². The molecule has 0 N–H and O–H groups in total. The zero-order valence-corrected chi connectivity index (χ0v) is 23.3. The molecule has 0 aromatic rings. The normalized spacial score (nSPS) is 46.3. The molecule has 34 heavy (non-hydrogen) atoms. The molecule has 194 valence electrons. The standard InChI is InChI=1S/C30H51NO3/c1-20(10-9-19-31-33-8)22-13-17-30(7)24-11-12-25-27(3,4)26(34-21(2)32)15-16-28(25,5)23(24)14-18-29(22,30)6/h19-20,22-26H,9-18H2,1-8H3/b31-19+/t20-,22-,23+,24-,25+,26+,28-,29-,30+/m1/s1. The van der Waals surface area contributed by atoms with Crippen LogP contribution in [-0.2, 0) is 14.4 Å². The number of oxime groups is 1. The molecular formula is C30H51NO3. The summed E-state index contributed by atoms with van der Waals surface area (Å²) in [5.41, 5.74) is 1.31. The predicted octanol–water partition coefficient (Wildman–Crippen LogP) is 7.65. The molecule has 4 rings (SSSR count). The van der Waals surface area contributed by atoms with Crippen LogP contribution in [0.5, 0.6) is 0 Å². The third kappa shape index (κ3) is 3.84.